The number of hydrogen-bond donors (Lipinski definition) is 1. The highest BCUT2D eigenvalue weighted by Crippen LogP contribution is 2.31. The fraction of sp³-hybridized carbons (Fsp3) is 0.179. The van der Waals surface area contributed by atoms with Crippen molar-refractivity contribution in [2.75, 3.05) is 19.0 Å². The van der Waals surface area contributed by atoms with Crippen LogP contribution in [0.2, 0.25) is 0 Å². The molecule has 0 fully saturated rings. The van der Waals surface area contributed by atoms with Crippen molar-refractivity contribution in [2.45, 2.75) is 19.5 Å². The van der Waals surface area contributed by atoms with Crippen molar-refractivity contribution in [2.24, 2.45) is 0 Å². The molecule has 0 spiro atoms. The van der Waals surface area contributed by atoms with Gasteiger partial charge in [0, 0.05) is 23.0 Å². The van der Waals surface area contributed by atoms with Gasteiger partial charge in [0.1, 0.15) is 11.6 Å². The molecule has 0 aliphatic carbocycles. The largest absolute Gasteiger partial charge is 0.483 e. The third kappa shape index (κ3) is 5.90. The number of ether oxygens (including phenoxy) is 1. The van der Waals surface area contributed by atoms with E-state index in [1.807, 2.05) is 30.3 Å². The van der Waals surface area contributed by atoms with Crippen molar-refractivity contribution < 1.29 is 13.9 Å². The van der Waals surface area contributed by atoms with Crippen molar-refractivity contribution in [1.82, 2.24) is 4.90 Å². The van der Waals surface area contributed by atoms with Gasteiger partial charge in [0.25, 0.3) is 5.91 Å². The van der Waals surface area contributed by atoms with E-state index in [1.165, 1.54) is 17.0 Å². The number of carbonyl (C=O) groups is 1. The molecule has 3 aromatic carbocycles. The van der Waals surface area contributed by atoms with Gasteiger partial charge in [-0.25, -0.2) is 4.39 Å². The van der Waals surface area contributed by atoms with E-state index in [-0.39, 0.29) is 18.3 Å². The molecule has 0 saturated heterocycles. The van der Waals surface area contributed by atoms with Crippen molar-refractivity contribution in [3.8, 4) is 16.9 Å². The number of para-hydroxylation sites is 1. The molecule has 1 amide bonds. The lowest BCUT2D eigenvalue weighted by atomic mass is 10.0. The summed E-state index contributed by atoms with van der Waals surface area (Å²) < 4.78 is 19.8. The number of hydrogen-bond acceptors (Lipinski definition) is 4. The summed E-state index contributed by atoms with van der Waals surface area (Å²) in [6, 6.07) is 26.7. The number of halogens is 1. The van der Waals surface area contributed by atoms with Gasteiger partial charge in [-0.1, -0.05) is 54.6 Å². The molecule has 0 bridgehead atoms. The van der Waals surface area contributed by atoms with Crippen LogP contribution < -0.4 is 10.1 Å². The predicted octanol–water partition coefficient (Wildman–Crippen LogP) is 6.76. The normalized spacial score (nSPS) is 11.9. The number of anilines is 1. The van der Waals surface area contributed by atoms with Gasteiger partial charge in [0.05, 0.1) is 5.69 Å². The summed E-state index contributed by atoms with van der Waals surface area (Å²) in [7, 11) is 2.08. The fourth-order valence-corrected chi connectivity index (χ4v) is 4.55. The molecule has 174 valence electrons. The predicted molar refractivity (Wildman–Crippen MR) is 137 cm³/mol. The third-order valence-electron chi connectivity index (χ3n) is 5.71. The van der Waals surface area contributed by atoms with Crippen LogP contribution in [-0.2, 0) is 11.3 Å². The first-order chi connectivity index (χ1) is 16.5. The monoisotopic (exact) mass is 474 g/mol. The van der Waals surface area contributed by atoms with Gasteiger partial charge in [0.15, 0.2) is 6.61 Å². The molecule has 1 N–H and O–H groups in total. The highest BCUT2D eigenvalue weighted by Gasteiger charge is 2.17. The zero-order valence-electron chi connectivity index (χ0n) is 19.2. The molecule has 1 atom stereocenters. The van der Waals surface area contributed by atoms with Gasteiger partial charge >= 0.3 is 0 Å². The average molecular weight is 475 g/mol. The molecular formula is C28H27FN2O2S. The highest BCUT2D eigenvalue weighted by atomic mass is 32.1. The lowest BCUT2D eigenvalue weighted by molar-refractivity contribution is -0.118. The fourth-order valence-electron chi connectivity index (χ4n) is 3.70. The quantitative estimate of drug-likeness (QED) is 0.291. The first-order valence-corrected chi connectivity index (χ1v) is 12.0. The van der Waals surface area contributed by atoms with Crippen LogP contribution in [-0.4, -0.2) is 24.5 Å². The maximum Gasteiger partial charge on any atom is 0.262 e. The molecule has 4 aromatic rings. The van der Waals surface area contributed by atoms with E-state index in [2.05, 4.69) is 59.9 Å². The number of thiophene rings is 1. The van der Waals surface area contributed by atoms with E-state index in [9.17, 15) is 9.18 Å². The molecule has 0 saturated carbocycles. The van der Waals surface area contributed by atoms with Crippen LogP contribution in [0.5, 0.6) is 5.75 Å². The zero-order chi connectivity index (χ0) is 23.9. The summed E-state index contributed by atoms with van der Waals surface area (Å²) in [5.74, 6) is -0.259. The van der Waals surface area contributed by atoms with Gasteiger partial charge < -0.3 is 10.1 Å². The van der Waals surface area contributed by atoms with Gasteiger partial charge in [-0.2, -0.15) is 0 Å². The van der Waals surface area contributed by atoms with Crippen LogP contribution in [0.15, 0.2) is 90.3 Å². The smallest absolute Gasteiger partial charge is 0.262 e. The van der Waals surface area contributed by atoms with Crippen LogP contribution >= 0.6 is 11.3 Å². The summed E-state index contributed by atoms with van der Waals surface area (Å²) in [4.78, 5) is 15.9. The van der Waals surface area contributed by atoms with Crippen molar-refractivity contribution in [3.05, 3.63) is 107 Å². The molecule has 34 heavy (non-hydrogen) atoms. The Balaban J connectivity index is 1.53. The number of rotatable bonds is 9. The van der Waals surface area contributed by atoms with Gasteiger partial charge in [-0.3, -0.25) is 9.69 Å². The molecule has 1 aromatic heterocycles. The van der Waals surface area contributed by atoms with E-state index < -0.39 is 11.7 Å². The standard InChI is InChI=1S/C28H27FN2O2S/c1-20(27-13-8-16-34-27)31(2)18-23-17-22(21-9-4-3-5-10-21)14-15-26(23)33-19-28(32)30-25-12-7-6-11-24(25)29/h3-17,20H,18-19H2,1-2H3,(H,30,32). The number of benzene rings is 3. The van der Waals surface area contributed by atoms with Crippen molar-refractivity contribution in [1.29, 1.82) is 0 Å². The second-order valence-electron chi connectivity index (χ2n) is 8.11. The lowest BCUT2D eigenvalue weighted by Crippen LogP contribution is -2.23. The maximum absolute atomic E-state index is 13.9. The molecule has 4 nitrogen and oxygen atoms in total. The Morgan fingerprint density at radius 3 is 2.50 bits per heavy atom. The molecular weight excluding hydrogens is 447 g/mol. The van der Waals surface area contributed by atoms with E-state index in [0.29, 0.717) is 12.3 Å². The topological polar surface area (TPSA) is 41.6 Å². The first kappa shape index (κ1) is 23.7. The van der Waals surface area contributed by atoms with Crippen LogP contribution in [0, 0.1) is 5.82 Å². The summed E-state index contributed by atoms with van der Waals surface area (Å²) in [6.45, 7) is 2.61. The number of carbonyl (C=O) groups excluding carboxylic acids is 1. The summed E-state index contributed by atoms with van der Waals surface area (Å²) in [5, 5.41) is 4.65. The second kappa shape index (κ2) is 11.1. The summed E-state index contributed by atoms with van der Waals surface area (Å²) in [5.41, 5.74) is 3.31. The van der Waals surface area contributed by atoms with Crippen molar-refractivity contribution in [3.63, 3.8) is 0 Å². The van der Waals surface area contributed by atoms with E-state index >= 15 is 0 Å². The Hall–Kier alpha value is -3.48. The van der Waals surface area contributed by atoms with Crippen LogP contribution in [0.4, 0.5) is 10.1 Å². The maximum atomic E-state index is 13.9. The van der Waals surface area contributed by atoms with E-state index in [0.717, 1.165) is 16.7 Å². The Bertz CT molecular complexity index is 1230. The molecule has 4 rings (SSSR count). The molecule has 0 aliphatic rings. The minimum absolute atomic E-state index is 0.139. The average Bonchev–Trinajstić information content (AvgIpc) is 3.40. The Kier molecular flexibility index (Phi) is 7.72. The minimum Gasteiger partial charge on any atom is -0.483 e. The SMILES string of the molecule is CC(c1cccs1)N(C)Cc1cc(-c2ccccc2)ccc1OCC(=O)Nc1ccccc1F. The first-order valence-electron chi connectivity index (χ1n) is 11.1. The Morgan fingerprint density at radius 1 is 1.00 bits per heavy atom. The molecule has 1 unspecified atom stereocenters. The number of nitrogens with zero attached hydrogens (tertiary/aromatic N) is 1. The lowest BCUT2D eigenvalue weighted by Gasteiger charge is -2.25. The van der Waals surface area contributed by atoms with Crippen LogP contribution in [0.25, 0.3) is 11.1 Å². The molecule has 0 radical (unpaired) electrons. The van der Waals surface area contributed by atoms with Gasteiger partial charge in [0.2, 0.25) is 0 Å². The number of amides is 1. The molecule has 1 heterocycles. The van der Waals surface area contributed by atoms with Gasteiger partial charge in [-0.15, -0.1) is 11.3 Å². The van der Waals surface area contributed by atoms with Crippen molar-refractivity contribution >= 4 is 22.9 Å². The van der Waals surface area contributed by atoms with Crippen LogP contribution in [0.1, 0.15) is 23.4 Å². The van der Waals surface area contributed by atoms with E-state index in [1.54, 1.807) is 23.5 Å². The Morgan fingerprint density at radius 2 is 1.76 bits per heavy atom. The Labute approximate surface area is 203 Å². The van der Waals surface area contributed by atoms with E-state index in [4.69, 9.17) is 4.74 Å². The highest BCUT2D eigenvalue weighted by molar-refractivity contribution is 7.10. The molecule has 6 heteroatoms. The second-order valence-corrected chi connectivity index (χ2v) is 9.09. The summed E-state index contributed by atoms with van der Waals surface area (Å²) >= 11 is 1.73. The molecule has 0 aliphatic heterocycles. The third-order valence-corrected chi connectivity index (χ3v) is 6.75. The van der Waals surface area contributed by atoms with Crippen LogP contribution in [0.3, 0.4) is 0 Å². The van der Waals surface area contributed by atoms with Gasteiger partial charge in [-0.05, 0) is 60.8 Å². The zero-order valence-corrected chi connectivity index (χ0v) is 20.0. The minimum atomic E-state index is -0.479. The number of nitrogens with one attached hydrogen (secondary N) is 1. The summed E-state index contributed by atoms with van der Waals surface area (Å²) in [6.07, 6.45) is 0.